The smallest absolute Gasteiger partial charge is 0.415 e. The van der Waals surface area contributed by atoms with Crippen LogP contribution >= 0.6 is 38.5 Å². The van der Waals surface area contributed by atoms with Gasteiger partial charge >= 0.3 is 6.09 Å². The Kier molecular flexibility index (Phi) is 24.0. The quantitative estimate of drug-likeness (QED) is 0.155. The third-order valence-electron chi connectivity index (χ3n) is 10.5. The van der Waals surface area contributed by atoms with Crippen LogP contribution in [0.25, 0.3) is 32.7 Å². The minimum absolute atomic E-state index is 0.307. The second-order valence-corrected chi connectivity index (χ2v) is 17.9. The fourth-order valence-corrected chi connectivity index (χ4v) is 7.47. The van der Waals surface area contributed by atoms with Crippen LogP contribution in [0.1, 0.15) is 41.7 Å². The molecular formula is C61H64BrIN2O4. The predicted molar refractivity (Wildman–Crippen MR) is 303 cm³/mol. The first kappa shape index (κ1) is 55.1. The van der Waals surface area contributed by atoms with Crippen molar-refractivity contribution in [1.29, 1.82) is 0 Å². The molecule has 6 nitrogen and oxygen atoms in total. The molecule has 356 valence electrons. The van der Waals surface area contributed by atoms with Crippen LogP contribution in [0.4, 0.5) is 4.79 Å². The van der Waals surface area contributed by atoms with Gasteiger partial charge < -0.3 is 19.1 Å². The summed E-state index contributed by atoms with van der Waals surface area (Å²) in [6.45, 7) is 15.5. The molecule has 9 aromatic rings. The van der Waals surface area contributed by atoms with Crippen molar-refractivity contribution in [1.82, 2.24) is 9.88 Å². The molecule has 0 bridgehead atoms. The lowest BCUT2D eigenvalue weighted by Crippen LogP contribution is -2.33. The van der Waals surface area contributed by atoms with E-state index in [1.807, 2.05) is 131 Å². The maximum atomic E-state index is 12.1. The van der Waals surface area contributed by atoms with Crippen molar-refractivity contribution in [2.24, 2.45) is 0 Å². The van der Waals surface area contributed by atoms with Crippen molar-refractivity contribution >= 4 is 66.2 Å². The number of rotatable bonds is 6. The minimum Gasteiger partial charge on any atom is -0.493 e. The van der Waals surface area contributed by atoms with E-state index in [-0.39, 0.29) is 6.09 Å². The van der Waals surface area contributed by atoms with Gasteiger partial charge in [-0.2, -0.15) is 0 Å². The maximum Gasteiger partial charge on any atom is 0.415 e. The Labute approximate surface area is 432 Å². The summed E-state index contributed by atoms with van der Waals surface area (Å²) in [7, 11) is 3.28. The summed E-state index contributed by atoms with van der Waals surface area (Å²) in [4.78, 5) is 17.6. The van der Waals surface area contributed by atoms with Crippen LogP contribution in [0.2, 0.25) is 0 Å². The Morgan fingerprint density at radius 3 is 1.65 bits per heavy atom. The monoisotopic (exact) mass is 1090 g/mol. The fourth-order valence-electron chi connectivity index (χ4n) is 6.72. The van der Waals surface area contributed by atoms with Gasteiger partial charge in [0.05, 0.1) is 14.2 Å². The number of fused-ring (bicyclic) bond motifs is 2. The molecule has 0 unspecified atom stereocenters. The second kappa shape index (κ2) is 30.1. The van der Waals surface area contributed by atoms with E-state index in [1.54, 1.807) is 25.3 Å². The molecule has 1 heterocycles. The first-order valence-electron chi connectivity index (χ1n) is 22.8. The second-order valence-electron chi connectivity index (χ2n) is 15.8. The summed E-state index contributed by atoms with van der Waals surface area (Å²) in [6, 6.07) is 63.3. The van der Waals surface area contributed by atoms with E-state index in [2.05, 4.69) is 155 Å². The molecule has 9 rings (SSSR count). The Morgan fingerprint density at radius 2 is 1.10 bits per heavy atom. The number of amides is 1. The van der Waals surface area contributed by atoms with Gasteiger partial charge in [0, 0.05) is 39.1 Å². The molecule has 0 radical (unpaired) electrons. The maximum absolute atomic E-state index is 12.1. The number of ether oxygens (including phenoxy) is 3. The highest BCUT2D eigenvalue weighted by Gasteiger charge is 2.15. The summed E-state index contributed by atoms with van der Waals surface area (Å²) >= 11 is 5.72. The first-order chi connectivity index (χ1) is 33.4. The molecule has 0 fully saturated rings. The highest BCUT2D eigenvalue weighted by atomic mass is 127. The Morgan fingerprint density at radius 1 is 0.536 bits per heavy atom. The average molecular weight is 1100 g/mol. The third kappa shape index (κ3) is 18.8. The van der Waals surface area contributed by atoms with Gasteiger partial charge in [0.1, 0.15) is 5.75 Å². The van der Waals surface area contributed by atoms with Crippen molar-refractivity contribution in [3.8, 4) is 28.4 Å². The highest BCUT2D eigenvalue weighted by molar-refractivity contribution is 14.1. The molecule has 0 aliphatic rings. The van der Waals surface area contributed by atoms with Gasteiger partial charge in [-0.15, -0.1) is 0 Å². The largest absolute Gasteiger partial charge is 0.493 e. The zero-order valence-corrected chi connectivity index (χ0v) is 45.0. The zero-order valence-electron chi connectivity index (χ0n) is 41.3. The van der Waals surface area contributed by atoms with Crippen molar-refractivity contribution in [3.05, 3.63) is 236 Å². The predicted octanol–water partition coefficient (Wildman–Crippen LogP) is 17.3. The standard InChI is InChI=1S/C17H19NO2.C11H9I.C11H10.C9H12O2.C7H7Br.C6H7N/c1-3-18(4-2)17(19)20-16-13-9-8-12-15(16)14-10-6-5-7-11-14;1-8-6-9-4-2-3-5-10(9)7-11(8)12;1-9-6-7-10-4-2-3-5-11(10)8-9;1-7-5-4-6-8(10-2)9(7)11-3;1-6-2-4-7(8)5-3-6;1-6-3-2-4-7-5-6/h5-13H,3-4H2,1-2H3;2-7H,1H3;2-8H,1H3;4-6H,1-3H3;2-5H,1H3;2-5H,1H3. The van der Waals surface area contributed by atoms with Crippen LogP contribution in [0.3, 0.4) is 0 Å². The molecule has 0 spiro atoms. The summed E-state index contributed by atoms with van der Waals surface area (Å²) in [5.74, 6) is 2.19. The van der Waals surface area contributed by atoms with Crippen LogP contribution < -0.4 is 14.2 Å². The van der Waals surface area contributed by atoms with Gasteiger partial charge in [0.15, 0.2) is 11.5 Å². The summed E-state index contributed by atoms with van der Waals surface area (Å²) in [6.07, 6.45) is 3.30. The lowest BCUT2D eigenvalue weighted by atomic mass is 10.1. The molecule has 1 aromatic heterocycles. The number of halogens is 2. The van der Waals surface area contributed by atoms with E-state index in [9.17, 15) is 4.79 Å². The lowest BCUT2D eigenvalue weighted by molar-refractivity contribution is 0.157. The fraction of sp³-hybridized carbons (Fsp3) is 0.180. The van der Waals surface area contributed by atoms with E-state index >= 15 is 0 Å². The number of pyridine rings is 1. The number of carbonyl (C=O) groups excluding carboxylic acids is 1. The third-order valence-corrected chi connectivity index (χ3v) is 12.2. The number of hydrogen-bond donors (Lipinski definition) is 0. The molecule has 0 atom stereocenters. The number of carbonyl (C=O) groups is 1. The number of methoxy groups -OCH3 is 2. The molecule has 0 aliphatic heterocycles. The minimum atomic E-state index is -0.307. The van der Waals surface area contributed by atoms with E-state index in [0.29, 0.717) is 18.8 Å². The highest BCUT2D eigenvalue weighted by Crippen LogP contribution is 2.31. The lowest BCUT2D eigenvalue weighted by Gasteiger charge is -2.19. The molecular weight excluding hydrogens is 1030 g/mol. The molecule has 8 aromatic carbocycles. The van der Waals surface area contributed by atoms with Gasteiger partial charge in [0.2, 0.25) is 0 Å². The van der Waals surface area contributed by atoms with E-state index in [0.717, 1.165) is 32.7 Å². The van der Waals surface area contributed by atoms with Crippen molar-refractivity contribution in [3.63, 3.8) is 0 Å². The molecule has 0 N–H and O–H groups in total. The molecule has 0 saturated carbocycles. The molecule has 8 heteroatoms. The van der Waals surface area contributed by atoms with E-state index in [1.165, 1.54) is 47.4 Å². The summed E-state index contributed by atoms with van der Waals surface area (Å²) in [5.41, 5.74) is 8.24. The van der Waals surface area contributed by atoms with Crippen molar-refractivity contribution < 1.29 is 19.0 Å². The van der Waals surface area contributed by atoms with Crippen LogP contribution in [-0.4, -0.2) is 43.3 Å². The normalized spacial score (nSPS) is 9.84. The average Bonchev–Trinajstić information content (AvgIpc) is 3.37. The van der Waals surface area contributed by atoms with Crippen LogP contribution in [0.15, 0.2) is 205 Å². The molecule has 0 saturated heterocycles. The van der Waals surface area contributed by atoms with Crippen molar-refractivity contribution in [2.75, 3.05) is 27.3 Å². The van der Waals surface area contributed by atoms with Gasteiger partial charge in [-0.1, -0.05) is 179 Å². The van der Waals surface area contributed by atoms with Crippen LogP contribution in [0, 0.1) is 38.2 Å². The number of benzene rings is 8. The van der Waals surface area contributed by atoms with Gasteiger partial charge in [-0.3, -0.25) is 4.98 Å². The number of aryl methyl sites for hydroxylation is 5. The summed E-state index contributed by atoms with van der Waals surface area (Å²) in [5, 5.41) is 5.30. The number of nitrogens with zero attached hydrogens (tertiary/aromatic N) is 2. The van der Waals surface area contributed by atoms with Crippen LogP contribution in [0.5, 0.6) is 17.2 Å². The Hall–Kier alpha value is -6.49. The zero-order chi connectivity index (χ0) is 50.0. The SMILES string of the molecule is CCN(CC)C(=O)Oc1ccccc1-c1ccccc1.COc1cccc(C)c1OC.Cc1cc2ccccc2cc1I.Cc1ccc(Br)cc1.Cc1ccc2ccccc2c1.Cc1cccnc1. The molecule has 1 amide bonds. The van der Waals surface area contributed by atoms with Gasteiger partial charge in [-0.25, -0.2) is 4.79 Å². The number of hydrogen-bond acceptors (Lipinski definition) is 5. The van der Waals surface area contributed by atoms with E-state index in [4.69, 9.17) is 14.2 Å². The first-order valence-corrected chi connectivity index (χ1v) is 24.7. The Bertz CT molecular complexity index is 2850. The number of aromatic nitrogens is 1. The topological polar surface area (TPSA) is 60.9 Å². The van der Waals surface area contributed by atoms with Crippen LogP contribution in [-0.2, 0) is 0 Å². The number of para-hydroxylation sites is 2. The molecule has 69 heavy (non-hydrogen) atoms. The molecule has 0 aliphatic carbocycles. The Balaban J connectivity index is 0.000000187. The van der Waals surface area contributed by atoms with E-state index < -0.39 is 0 Å². The van der Waals surface area contributed by atoms with Crippen molar-refractivity contribution in [2.45, 2.75) is 48.5 Å². The van der Waals surface area contributed by atoms with Gasteiger partial charge in [-0.05, 0) is 151 Å². The van der Waals surface area contributed by atoms with Gasteiger partial charge in [0.25, 0.3) is 0 Å². The summed E-state index contributed by atoms with van der Waals surface area (Å²) < 4.78 is 18.2.